The van der Waals surface area contributed by atoms with Gasteiger partial charge in [-0.2, -0.15) is 0 Å². The summed E-state index contributed by atoms with van der Waals surface area (Å²) in [6, 6.07) is 21.2. The zero-order chi connectivity index (χ0) is 23.5. The van der Waals surface area contributed by atoms with Gasteiger partial charge in [-0.1, -0.05) is 63.2 Å². The topological polar surface area (TPSA) is 75.3 Å². The Morgan fingerprint density at radius 1 is 0.906 bits per heavy atom. The van der Waals surface area contributed by atoms with Gasteiger partial charge in [-0.25, -0.2) is 8.42 Å². The number of hydrogen-bond donors (Lipinski definition) is 2. The van der Waals surface area contributed by atoms with Gasteiger partial charge in [-0.05, 0) is 66.3 Å². The van der Waals surface area contributed by atoms with Crippen LogP contribution in [-0.4, -0.2) is 14.3 Å². The second kappa shape index (κ2) is 9.17. The minimum absolute atomic E-state index is 0.0757. The van der Waals surface area contributed by atoms with Crippen LogP contribution in [0.2, 0.25) is 0 Å². The number of rotatable bonds is 6. The summed E-state index contributed by atoms with van der Waals surface area (Å²) in [4.78, 5) is 13.0. The fraction of sp³-hybridized carbons (Fsp3) is 0.269. The van der Waals surface area contributed by atoms with E-state index in [9.17, 15) is 13.2 Å². The molecule has 168 valence electrons. The number of sulfonamides is 1. The number of aryl methyl sites for hydroxylation is 1. The molecule has 2 N–H and O–H groups in total. The maximum absolute atomic E-state index is 12.8. The monoisotopic (exact) mass is 450 g/mol. The molecule has 3 aromatic carbocycles. The molecule has 0 aromatic heterocycles. The molecule has 0 aliphatic heterocycles. The van der Waals surface area contributed by atoms with Gasteiger partial charge in [-0.15, -0.1) is 0 Å². The molecule has 0 fully saturated rings. The third-order valence-electron chi connectivity index (χ3n) is 5.41. The summed E-state index contributed by atoms with van der Waals surface area (Å²) in [5.74, 6) is -0.210. The van der Waals surface area contributed by atoms with Gasteiger partial charge in [0.2, 0.25) is 0 Å². The van der Waals surface area contributed by atoms with E-state index in [2.05, 4.69) is 42.9 Å². The first-order valence-electron chi connectivity index (χ1n) is 10.6. The quantitative estimate of drug-likeness (QED) is 0.514. The van der Waals surface area contributed by atoms with E-state index in [1.165, 1.54) is 17.7 Å². The fourth-order valence-electron chi connectivity index (χ4n) is 3.36. The van der Waals surface area contributed by atoms with Gasteiger partial charge in [0.1, 0.15) is 0 Å². The third-order valence-corrected chi connectivity index (χ3v) is 6.79. The summed E-state index contributed by atoms with van der Waals surface area (Å²) in [6.07, 6.45) is 0. The van der Waals surface area contributed by atoms with E-state index in [1.54, 1.807) is 43.3 Å². The van der Waals surface area contributed by atoms with Crippen molar-refractivity contribution in [3.63, 3.8) is 0 Å². The highest BCUT2D eigenvalue weighted by Gasteiger charge is 2.18. The van der Waals surface area contributed by atoms with Crippen LogP contribution in [0.3, 0.4) is 0 Å². The Morgan fingerprint density at radius 2 is 1.53 bits per heavy atom. The molecule has 0 spiro atoms. The smallest absolute Gasteiger partial charge is 0.261 e. The summed E-state index contributed by atoms with van der Waals surface area (Å²) in [5, 5.41) is 3.01. The highest BCUT2D eigenvalue weighted by Crippen LogP contribution is 2.25. The van der Waals surface area contributed by atoms with Gasteiger partial charge in [0.25, 0.3) is 15.9 Å². The molecule has 32 heavy (non-hydrogen) atoms. The van der Waals surface area contributed by atoms with Crippen LogP contribution in [0.4, 0.5) is 5.69 Å². The van der Waals surface area contributed by atoms with E-state index in [0.29, 0.717) is 16.8 Å². The Balaban J connectivity index is 1.71. The highest BCUT2D eigenvalue weighted by molar-refractivity contribution is 7.92. The molecule has 0 aliphatic rings. The van der Waals surface area contributed by atoms with Crippen molar-refractivity contribution in [1.29, 1.82) is 0 Å². The van der Waals surface area contributed by atoms with Gasteiger partial charge < -0.3 is 5.32 Å². The summed E-state index contributed by atoms with van der Waals surface area (Å²) < 4.78 is 27.7. The van der Waals surface area contributed by atoms with Gasteiger partial charge in [0.05, 0.1) is 16.6 Å². The molecule has 3 rings (SSSR count). The lowest BCUT2D eigenvalue weighted by molar-refractivity contribution is 0.0940. The highest BCUT2D eigenvalue weighted by atomic mass is 32.2. The lowest BCUT2D eigenvalue weighted by atomic mass is 9.86. The van der Waals surface area contributed by atoms with Crippen molar-refractivity contribution < 1.29 is 13.2 Å². The zero-order valence-electron chi connectivity index (χ0n) is 19.1. The first-order chi connectivity index (χ1) is 15.0. The number of benzene rings is 3. The summed E-state index contributed by atoms with van der Waals surface area (Å²) in [5.41, 5.74) is 3.92. The van der Waals surface area contributed by atoms with E-state index < -0.39 is 10.0 Å². The summed E-state index contributed by atoms with van der Waals surface area (Å²) in [7, 11) is -3.69. The second-order valence-electron chi connectivity index (χ2n) is 9.02. The minimum Gasteiger partial charge on any atom is -0.346 e. The van der Waals surface area contributed by atoms with Crippen molar-refractivity contribution in [2.24, 2.45) is 0 Å². The number of hydrogen-bond acceptors (Lipinski definition) is 3. The second-order valence-corrected chi connectivity index (χ2v) is 10.7. The fourth-order valence-corrected chi connectivity index (χ4v) is 4.51. The average molecular weight is 451 g/mol. The Morgan fingerprint density at radius 3 is 2.09 bits per heavy atom. The van der Waals surface area contributed by atoms with Crippen LogP contribution in [0.15, 0.2) is 77.7 Å². The van der Waals surface area contributed by atoms with Gasteiger partial charge >= 0.3 is 0 Å². The lowest BCUT2D eigenvalue weighted by Gasteiger charge is -2.21. The van der Waals surface area contributed by atoms with E-state index in [1.807, 2.05) is 19.1 Å². The molecule has 1 amide bonds. The SMILES string of the molecule is Cc1cc(C(=O)NC(C)c2ccc(C(C)(C)C)cc2)ccc1NS(=O)(=O)c1ccccc1. The number of anilines is 1. The standard InChI is InChI=1S/C26H30N2O3S/c1-18-17-21(13-16-24(18)28-32(30,31)23-9-7-6-8-10-23)25(29)27-19(2)20-11-14-22(15-12-20)26(3,4)5/h6-17,19,28H,1-5H3,(H,27,29). The Bertz CT molecular complexity index is 1200. The largest absolute Gasteiger partial charge is 0.346 e. The molecule has 6 heteroatoms. The van der Waals surface area contributed by atoms with Gasteiger partial charge in [-0.3, -0.25) is 9.52 Å². The maximum atomic E-state index is 12.8. The predicted octanol–water partition coefficient (Wildman–Crippen LogP) is 5.58. The molecule has 0 saturated carbocycles. The van der Waals surface area contributed by atoms with Crippen LogP contribution in [-0.2, 0) is 15.4 Å². The molecule has 0 radical (unpaired) electrons. The van der Waals surface area contributed by atoms with Crippen molar-refractivity contribution in [3.05, 3.63) is 95.1 Å². The van der Waals surface area contributed by atoms with Crippen molar-refractivity contribution >= 4 is 21.6 Å². The van der Waals surface area contributed by atoms with Crippen LogP contribution in [0.5, 0.6) is 0 Å². The maximum Gasteiger partial charge on any atom is 0.261 e. The first kappa shape index (κ1) is 23.5. The number of nitrogens with one attached hydrogen (secondary N) is 2. The molecule has 0 aliphatic carbocycles. The number of amides is 1. The Hall–Kier alpha value is -3.12. The van der Waals surface area contributed by atoms with Crippen molar-refractivity contribution in [2.75, 3.05) is 4.72 Å². The van der Waals surface area contributed by atoms with E-state index >= 15 is 0 Å². The first-order valence-corrected chi connectivity index (χ1v) is 12.1. The predicted molar refractivity (Wildman–Crippen MR) is 129 cm³/mol. The molecular weight excluding hydrogens is 420 g/mol. The molecule has 0 bridgehead atoms. The van der Waals surface area contributed by atoms with Crippen molar-refractivity contribution in [1.82, 2.24) is 5.32 Å². The Labute approximate surface area is 190 Å². The molecule has 0 heterocycles. The van der Waals surface area contributed by atoms with E-state index in [-0.39, 0.29) is 22.3 Å². The molecule has 3 aromatic rings. The molecule has 1 atom stereocenters. The Kier molecular flexibility index (Phi) is 6.74. The van der Waals surface area contributed by atoms with Crippen LogP contribution >= 0.6 is 0 Å². The van der Waals surface area contributed by atoms with Gasteiger partial charge in [0, 0.05) is 5.56 Å². The lowest BCUT2D eigenvalue weighted by Crippen LogP contribution is -2.27. The molecule has 5 nitrogen and oxygen atoms in total. The molecule has 1 unspecified atom stereocenters. The average Bonchev–Trinajstić information content (AvgIpc) is 2.75. The van der Waals surface area contributed by atoms with Crippen LogP contribution in [0.1, 0.15) is 60.8 Å². The van der Waals surface area contributed by atoms with Crippen molar-refractivity contribution in [3.8, 4) is 0 Å². The van der Waals surface area contributed by atoms with E-state index in [4.69, 9.17) is 0 Å². The minimum atomic E-state index is -3.69. The van der Waals surface area contributed by atoms with Crippen LogP contribution in [0, 0.1) is 6.92 Å². The van der Waals surface area contributed by atoms with Crippen molar-refractivity contribution in [2.45, 2.75) is 51.0 Å². The summed E-state index contributed by atoms with van der Waals surface area (Å²) >= 11 is 0. The van der Waals surface area contributed by atoms with E-state index in [0.717, 1.165) is 5.56 Å². The molecule has 0 saturated heterocycles. The summed E-state index contributed by atoms with van der Waals surface area (Å²) in [6.45, 7) is 10.2. The third kappa shape index (κ3) is 5.56. The molecular formula is C26H30N2O3S. The van der Waals surface area contributed by atoms with Gasteiger partial charge in [0.15, 0.2) is 0 Å². The normalized spacial score (nSPS) is 12.8. The zero-order valence-corrected chi connectivity index (χ0v) is 20.0. The number of carbonyl (C=O) groups excluding carboxylic acids is 1. The van der Waals surface area contributed by atoms with Crippen LogP contribution in [0.25, 0.3) is 0 Å². The van der Waals surface area contributed by atoms with Crippen LogP contribution < -0.4 is 10.0 Å². The number of carbonyl (C=O) groups is 1.